The molecule has 1 aliphatic heterocycles. The van der Waals surface area contributed by atoms with Crippen molar-refractivity contribution in [3.05, 3.63) is 103 Å². The summed E-state index contributed by atoms with van der Waals surface area (Å²) in [5, 5.41) is 11.2. The molecule has 0 radical (unpaired) electrons. The molecule has 1 aliphatic rings. The number of pyridine rings is 1. The summed E-state index contributed by atoms with van der Waals surface area (Å²) < 4.78 is 1.70. The predicted octanol–water partition coefficient (Wildman–Crippen LogP) is 4.83. The van der Waals surface area contributed by atoms with Gasteiger partial charge >= 0.3 is 6.03 Å². The Morgan fingerprint density at radius 3 is 2.66 bits per heavy atom. The molecular weight excluding hydrogens is 556 g/mol. The first-order valence-corrected chi connectivity index (χ1v) is 14.1. The molecule has 3 aromatic heterocycles. The van der Waals surface area contributed by atoms with Crippen LogP contribution in [0.4, 0.5) is 33.6 Å². The Bertz CT molecular complexity index is 1850. The highest BCUT2D eigenvalue weighted by Gasteiger charge is 2.33. The lowest BCUT2D eigenvalue weighted by Crippen LogP contribution is -2.45. The van der Waals surface area contributed by atoms with Crippen molar-refractivity contribution in [2.24, 2.45) is 7.05 Å². The molecule has 3 amide bonds. The van der Waals surface area contributed by atoms with Gasteiger partial charge < -0.3 is 20.4 Å². The van der Waals surface area contributed by atoms with Gasteiger partial charge in [-0.05, 0) is 43.9 Å². The van der Waals surface area contributed by atoms with E-state index >= 15 is 0 Å². The van der Waals surface area contributed by atoms with Crippen LogP contribution in [0.5, 0.6) is 0 Å². The molecule has 4 heterocycles. The molecule has 222 valence electrons. The van der Waals surface area contributed by atoms with Gasteiger partial charge in [0.25, 0.3) is 0 Å². The number of fused-ring (bicyclic) bond motifs is 2. The van der Waals surface area contributed by atoms with Crippen molar-refractivity contribution in [1.82, 2.24) is 34.5 Å². The number of carbonyl (C=O) groups is 2. The topological polar surface area (TPSA) is 124 Å². The molecule has 0 saturated carbocycles. The van der Waals surface area contributed by atoms with E-state index in [0.29, 0.717) is 48.5 Å². The Hall–Kier alpha value is -5.62. The van der Waals surface area contributed by atoms with Crippen LogP contribution < -0.4 is 15.5 Å². The quantitative estimate of drug-likeness (QED) is 0.235. The molecule has 12 heteroatoms. The minimum absolute atomic E-state index is 0.237. The number of hydrogen-bond acceptors (Lipinski definition) is 8. The molecule has 0 aliphatic carbocycles. The molecule has 44 heavy (non-hydrogen) atoms. The third kappa shape index (κ3) is 6.25. The van der Waals surface area contributed by atoms with Crippen molar-refractivity contribution in [2.75, 3.05) is 36.2 Å². The largest absolute Gasteiger partial charge is 0.330 e. The number of amides is 3. The molecule has 0 saturated heterocycles. The fourth-order valence-electron chi connectivity index (χ4n) is 4.95. The van der Waals surface area contributed by atoms with Gasteiger partial charge in [-0.1, -0.05) is 42.5 Å². The number of aryl methyl sites for hydroxylation is 1. The average molecular weight is 589 g/mol. The Morgan fingerprint density at radius 2 is 1.84 bits per heavy atom. The summed E-state index contributed by atoms with van der Waals surface area (Å²) in [6, 6.07) is 18.7. The molecule has 2 aromatic carbocycles. The first-order valence-electron chi connectivity index (χ1n) is 14.1. The maximum atomic E-state index is 14.1. The predicted molar refractivity (Wildman–Crippen MR) is 170 cm³/mol. The van der Waals surface area contributed by atoms with Crippen LogP contribution in [0.15, 0.2) is 91.4 Å². The summed E-state index contributed by atoms with van der Waals surface area (Å²) in [7, 11) is 5.70. The fraction of sp³-hybridized carbons (Fsp3) is 0.188. The minimum Gasteiger partial charge on any atom is -0.323 e. The molecule has 0 fully saturated rings. The first kappa shape index (κ1) is 28.5. The fourth-order valence-corrected chi connectivity index (χ4v) is 4.95. The molecule has 5 aromatic rings. The van der Waals surface area contributed by atoms with Crippen molar-refractivity contribution in [2.45, 2.75) is 13.1 Å². The maximum Gasteiger partial charge on any atom is 0.330 e. The molecular formula is C32H32N10O2. The molecule has 12 nitrogen and oxygen atoms in total. The first-order chi connectivity index (χ1) is 21.3. The van der Waals surface area contributed by atoms with E-state index in [-0.39, 0.29) is 11.9 Å². The lowest BCUT2D eigenvalue weighted by Gasteiger charge is -2.36. The van der Waals surface area contributed by atoms with Gasteiger partial charge in [0.1, 0.15) is 0 Å². The van der Waals surface area contributed by atoms with Crippen LogP contribution in [-0.4, -0.2) is 67.1 Å². The molecule has 0 unspecified atom stereocenters. The van der Waals surface area contributed by atoms with Crippen LogP contribution in [0, 0.1) is 0 Å². The van der Waals surface area contributed by atoms with Gasteiger partial charge in [0.2, 0.25) is 11.9 Å². The zero-order valence-electron chi connectivity index (χ0n) is 24.7. The van der Waals surface area contributed by atoms with Gasteiger partial charge in [-0.2, -0.15) is 10.1 Å². The molecule has 0 spiro atoms. The van der Waals surface area contributed by atoms with E-state index in [4.69, 9.17) is 4.98 Å². The highest BCUT2D eigenvalue weighted by molar-refractivity contribution is 6.03. The summed E-state index contributed by atoms with van der Waals surface area (Å²) in [5.74, 6) is 0.522. The Kier molecular flexibility index (Phi) is 7.98. The SMILES string of the molecule is CN(C)C/C=C/C(=O)Nc1cccc(N2C(=O)N(Cc3ccccc3)Cc3cnc(Nc4cnc5c(cnn5C)c4)nc32)c1. The van der Waals surface area contributed by atoms with Gasteiger partial charge in [0, 0.05) is 49.0 Å². The number of likely N-dealkylation sites (N-methyl/N-ethyl adjacent to an activating group) is 1. The third-order valence-electron chi connectivity index (χ3n) is 7.03. The number of benzene rings is 2. The number of nitrogens with one attached hydrogen (secondary N) is 2. The van der Waals surface area contributed by atoms with Crippen molar-refractivity contribution in [1.29, 1.82) is 0 Å². The van der Waals surface area contributed by atoms with Crippen molar-refractivity contribution in [3.8, 4) is 0 Å². The number of aromatic nitrogens is 5. The average Bonchev–Trinajstić information content (AvgIpc) is 3.38. The zero-order valence-corrected chi connectivity index (χ0v) is 24.7. The van der Waals surface area contributed by atoms with Crippen LogP contribution in [-0.2, 0) is 24.9 Å². The lowest BCUT2D eigenvalue weighted by molar-refractivity contribution is -0.111. The minimum atomic E-state index is -0.256. The van der Waals surface area contributed by atoms with E-state index in [1.165, 1.54) is 6.08 Å². The van der Waals surface area contributed by atoms with Gasteiger partial charge in [-0.25, -0.2) is 19.7 Å². The Balaban J connectivity index is 1.33. The number of rotatable bonds is 9. The van der Waals surface area contributed by atoms with Crippen LogP contribution in [0.25, 0.3) is 11.0 Å². The van der Waals surface area contributed by atoms with E-state index in [2.05, 4.69) is 25.7 Å². The summed E-state index contributed by atoms with van der Waals surface area (Å²) in [4.78, 5) is 45.8. The van der Waals surface area contributed by atoms with Crippen LogP contribution >= 0.6 is 0 Å². The smallest absolute Gasteiger partial charge is 0.323 e. The van der Waals surface area contributed by atoms with E-state index < -0.39 is 0 Å². The second-order valence-corrected chi connectivity index (χ2v) is 10.7. The normalized spacial score (nSPS) is 13.1. The van der Waals surface area contributed by atoms with Gasteiger partial charge in [-0.3, -0.25) is 9.48 Å². The molecule has 6 rings (SSSR count). The third-order valence-corrected chi connectivity index (χ3v) is 7.03. The van der Waals surface area contributed by atoms with Crippen LogP contribution in [0.2, 0.25) is 0 Å². The van der Waals surface area contributed by atoms with Crippen LogP contribution in [0.3, 0.4) is 0 Å². The lowest BCUT2D eigenvalue weighted by atomic mass is 10.1. The summed E-state index contributed by atoms with van der Waals surface area (Å²) in [5.41, 5.74) is 4.36. The number of carbonyl (C=O) groups excluding carboxylic acids is 2. The zero-order chi connectivity index (χ0) is 30.6. The van der Waals surface area contributed by atoms with Crippen LogP contribution in [0.1, 0.15) is 11.1 Å². The second kappa shape index (κ2) is 12.3. The van der Waals surface area contributed by atoms with E-state index in [9.17, 15) is 9.59 Å². The number of anilines is 5. The van der Waals surface area contributed by atoms with Crippen molar-refractivity contribution < 1.29 is 9.59 Å². The summed E-state index contributed by atoms with van der Waals surface area (Å²) in [6.45, 7) is 1.40. The molecule has 0 bridgehead atoms. The van der Waals surface area contributed by atoms with Crippen molar-refractivity contribution >= 4 is 51.8 Å². The number of hydrogen-bond donors (Lipinski definition) is 2. The maximum absolute atomic E-state index is 14.1. The number of urea groups is 1. The van der Waals surface area contributed by atoms with Gasteiger partial charge in [-0.15, -0.1) is 0 Å². The summed E-state index contributed by atoms with van der Waals surface area (Å²) >= 11 is 0. The van der Waals surface area contributed by atoms with E-state index in [1.54, 1.807) is 57.3 Å². The Morgan fingerprint density at radius 1 is 1.00 bits per heavy atom. The highest BCUT2D eigenvalue weighted by Crippen LogP contribution is 2.36. The van der Waals surface area contributed by atoms with Gasteiger partial charge in [0.15, 0.2) is 11.5 Å². The monoisotopic (exact) mass is 588 g/mol. The Labute approximate surface area is 254 Å². The summed E-state index contributed by atoms with van der Waals surface area (Å²) in [6.07, 6.45) is 8.46. The second-order valence-electron chi connectivity index (χ2n) is 10.7. The highest BCUT2D eigenvalue weighted by atomic mass is 16.2. The van der Waals surface area contributed by atoms with Crippen molar-refractivity contribution in [3.63, 3.8) is 0 Å². The van der Waals surface area contributed by atoms with E-state index in [0.717, 1.165) is 22.2 Å². The molecule has 0 atom stereocenters. The standard InChI is InChI=1S/C32H32N10O2/c1-39(2)14-8-13-28(43)36-25-11-7-12-27(16-25)42-30-24(21-41(32(42)44)20-22-9-5-4-6-10-22)17-34-31(38-30)37-26-15-23-18-35-40(3)29(23)33-19-26/h4-13,15-19H,14,20-21H2,1-3H3,(H,36,43)(H,34,37,38)/b13-8+. The van der Waals surface area contributed by atoms with E-state index in [1.807, 2.05) is 68.5 Å². The van der Waals surface area contributed by atoms with Gasteiger partial charge in [0.05, 0.1) is 30.3 Å². The number of nitrogens with zero attached hydrogens (tertiary/aromatic N) is 8. The molecule has 2 N–H and O–H groups in total.